The first-order valence-corrected chi connectivity index (χ1v) is 11.0. The van der Waals surface area contributed by atoms with Crippen LogP contribution in [0.2, 0.25) is 0 Å². The van der Waals surface area contributed by atoms with Gasteiger partial charge in [0.15, 0.2) is 9.84 Å². The fraction of sp³-hybridized carbons (Fsp3) is 0.333. The summed E-state index contributed by atoms with van der Waals surface area (Å²) in [5, 5.41) is 0. The van der Waals surface area contributed by atoms with Gasteiger partial charge in [-0.3, -0.25) is 4.79 Å². The second kappa shape index (κ2) is 9.19. The van der Waals surface area contributed by atoms with E-state index in [1.165, 1.54) is 19.1 Å². The second-order valence-corrected chi connectivity index (χ2v) is 8.78. The number of carbonyl (C=O) groups is 2. The van der Waals surface area contributed by atoms with E-state index in [4.69, 9.17) is 9.47 Å². The molecule has 0 aliphatic carbocycles. The SMILES string of the molecule is CCS(=O)(=O)c1ccccc1C(=O)O[C@H](C(=O)N1CCOCC1)c1ccccc1. The summed E-state index contributed by atoms with van der Waals surface area (Å²) in [5.74, 6) is -1.36. The number of benzene rings is 2. The first kappa shape index (κ1) is 21.0. The van der Waals surface area contributed by atoms with Crippen LogP contribution in [-0.4, -0.2) is 57.3 Å². The molecule has 8 heteroatoms. The zero-order chi connectivity index (χ0) is 20.9. The van der Waals surface area contributed by atoms with Crippen LogP contribution in [0.15, 0.2) is 59.5 Å². The number of carbonyl (C=O) groups excluding carboxylic acids is 2. The standard InChI is InChI=1S/C21H23NO6S/c1-2-29(25,26)18-11-7-6-10-17(18)21(24)28-19(16-8-4-3-5-9-16)20(23)22-12-14-27-15-13-22/h3-11,19H,2,12-15H2,1H3/t19-/m0/s1. The van der Waals surface area contributed by atoms with Crippen LogP contribution in [-0.2, 0) is 24.1 Å². The van der Waals surface area contributed by atoms with Gasteiger partial charge in [-0.1, -0.05) is 49.4 Å². The van der Waals surface area contributed by atoms with E-state index in [1.54, 1.807) is 47.4 Å². The Kier molecular flexibility index (Phi) is 6.66. The highest BCUT2D eigenvalue weighted by atomic mass is 32.2. The monoisotopic (exact) mass is 417 g/mol. The summed E-state index contributed by atoms with van der Waals surface area (Å²) >= 11 is 0. The van der Waals surface area contributed by atoms with E-state index < -0.39 is 21.9 Å². The van der Waals surface area contributed by atoms with Crippen molar-refractivity contribution in [1.82, 2.24) is 4.90 Å². The lowest BCUT2D eigenvalue weighted by Gasteiger charge is -2.30. The third-order valence-electron chi connectivity index (χ3n) is 4.70. The van der Waals surface area contributed by atoms with E-state index in [1.807, 2.05) is 0 Å². The number of sulfone groups is 1. The summed E-state index contributed by atoms with van der Waals surface area (Å²) < 4.78 is 35.6. The van der Waals surface area contributed by atoms with Gasteiger partial charge in [0.25, 0.3) is 5.91 Å². The van der Waals surface area contributed by atoms with Gasteiger partial charge >= 0.3 is 5.97 Å². The Morgan fingerprint density at radius 3 is 2.31 bits per heavy atom. The van der Waals surface area contributed by atoms with Gasteiger partial charge in [-0.15, -0.1) is 0 Å². The molecule has 1 heterocycles. The molecular formula is C21H23NO6S. The Hall–Kier alpha value is -2.71. The third kappa shape index (κ3) is 4.83. The number of hydrogen-bond donors (Lipinski definition) is 0. The lowest BCUT2D eigenvalue weighted by Crippen LogP contribution is -2.44. The van der Waals surface area contributed by atoms with Gasteiger partial charge in [0.2, 0.25) is 6.10 Å². The van der Waals surface area contributed by atoms with Gasteiger partial charge in [0.1, 0.15) is 0 Å². The summed E-state index contributed by atoms with van der Waals surface area (Å²) in [6.07, 6.45) is -1.17. The van der Waals surface area contributed by atoms with Crippen molar-refractivity contribution in [3.63, 3.8) is 0 Å². The van der Waals surface area contributed by atoms with Crippen LogP contribution < -0.4 is 0 Å². The molecule has 7 nitrogen and oxygen atoms in total. The molecule has 0 saturated carbocycles. The minimum Gasteiger partial charge on any atom is -0.444 e. The molecule has 2 aromatic rings. The number of esters is 1. The van der Waals surface area contributed by atoms with Crippen LogP contribution in [0.3, 0.4) is 0 Å². The molecule has 0 unspecified atom stereocenters. The number of nitrogens with zero attached hydrogens (tertiary/aromatic N) is 1. The largest absolute Gasteiger partial charge is 0.444 e. The summed E-state index contributed by atoms with van der Waals surface area (Å²) in [7, 11) is -3.63. The van der Waals surface area contributed by atoms with Crippen molar-refractivity contribution in [1.29, 1.82) is 0 Å². The third-order valence-corrected chi connectivity index (χ3v) is 6.48. The molecule has 0 radical (unpaired) electrons. The highest BCUT2D eigenvalue weighted by molar-refractivity contribution is 7.91. The number of ether oxygens (including phenoxy) is 2. The van der Waals surface area contributed by atoms with Crippen LogP contribution in [0.5, 0.6) is 0 Å². The lowest BCUT2D eigenvalue weighted by molar-refractivity contribution is -0.145. The van der Waals surface area contributed by atoms with E-state index in [9.17, 15) is 18.0 Å². The average Bonchev–Trinajstić information content (AvgIpc) is 2.78. The van der Waals surface area contributed by atoms with Crippen molar-refractivity contribution in [2.24, 2.45) is 0 Å². The number of morpholine rings is 1. The molecule has 1 atom stereocenters. The molecule has 29 heavy (non-hydrogen) atoms. The van der Waals surface area contributed by atoms with Crippen LogP contribution in [0.1, 0.15) is 28.9 Å². The normalized spacial score (nSPS) is 15.6. The first-order valence-electron chi connectivity index (χ1n) is 9.38. The minimum absolute atomic E-state index is 0.0786. The number of amides is 1. The van der Waals surface area contributed by atoms with Crippen LogP contribution >= 0.6 is 0 Å². The number of hydrogen-bond acceptors (Lipinski definition) is 6. The van der Waals surface area contributed by atoms with Crippen molar-refractivity contribution in [3.05, 3.63) is 65.7 Å². The van der Waals surface area contributed by atoms with Crippen molar-refractivity contribution in [2.75, 3.05) is 32.1 Å². The van der Waals surface area contributed by atoms with Crippen molar-refractivity contribution in [3.8, 4) is 0 Å². The molecule has 1 aliphatic rings. The topological polar surface area (TPSA) is 90.0 Å². The summed E-state index contributed by atoms with van der Waals surface area (Å²) in [6.45, 7) is 3.14. The van der Waals surface area contributed by atoms with Crippen LogP contribution in [0, 0.1) is 0 Å². The summed E-state index contributed by atoms with van der Waals surface area (Å²) in [4.78, 5) is 27.5. The van der Waals surface area contributed by atoms with Crippen molar-refractivity contribution >= 4 is 21.7 Å². The van der Waals surface area contributed by atoms with Gasteiger partial charge in [-0.2, -0.15) is 0 Å². The average molecular weight is 417 g/mol. The van der Waals surface area contributed by atoms with Gasteiger partial charge in [-0.25, -0.2) is 13.2 Å². The molecule has 1 saturated heterocycles. The van der Waals surface area contributed by atoms with Gasteiger partial charge in [0.05, 0.1) is 29.4 Å². The van der Waals surface area contributed by atoms with E-state index in [-0.39, 0.29) is 22.1 Å². The maximum absolute atomic E-state index is 13.1. The lowest BCUT2D eigenvalue weighted by atomic mass is 10.1. The van der Waals surface area contributed by atoms with E-state index in [0.717, 1.165) is 0 Å². The quantitative estimate of drug-likeness (QED) is 0.670. The highest BCUT2D eigenvalue weighted by Gasteiger charge is 2.32. The van der Waals surface area contributed by atoms with Crippen LogP contribution in [0.25, 0.3) is 0 Å². The predicted molar refractivity (Wildman–Crippen MR) is 106 cm³/mol. The molecule has 0 spiro atoms. The zero-order valence-corrected chi connectivity index (χ0v) is 16.9. The summed E-state index contributed by atoms with van der Waals surface area (Å²) in [6, 6.07) is 14.6. The molecule has 0 N–H and O–H groups in total. The van der Waals surface area contributed by atoms with E-state index in [0.29, 0.717) is 31.9 Å². The van der Waals surface area contributed by atoms with Crippen molar-refractivity contribution < 1.29 is 27.5 Å². The van der Waals surface area contributed by atoms with Gasteiger partial charge in [-0.05, 0) is 12.1 Å². The van der Waals surface area contributed by atoms with E-state index in [2.05, 4.69) is 0 Å². The van der Waals surface area contributed by atoms with E-state index >= 15 is 0 Å². The Bertz CT molecular complexity index is 968. The molecular weight excluding hydrogens is 394 g/mol. The fourth-order valence-electron chi connectivity index (χ4n) is 3.07. The molecule has 3 rings (SSSR count). The van der Waals surface area contributed by atoms with Gasteiger partial charge in [0, 0.05) is 18.7 Å². The Labute approximate surface area is 170 Å². The minimum atomic E-state index is -3.63. The fourth-order valence-corrected chi connectivity index (χ4v) is 4.15. The molecule has 2 aromatic carbocycles. The van der Waals surface area contributed by atoms with Crippen LogP contribution in [0.4, 0.5) is 0 Å². The first-order chi connectivity index (χ1) is 13.9. The zero-order valence-electron chi connectivity index (χ0n) is 16.1. The molecule has 0 aromatic heterocycles. The number of rotatable bonds is 6. The van der Waals surface area contributed by atoms with Crippen molar-refractivity contribution in [2.45, 2.75) is 17.9 Å². The smallest absolute Gasteiger partial charge is 0.340 e. The predicted octanol–water partition coefficient (Wildman–Crippen LogP) is 2.24. The molecule has 0 bridgehead atoms. The molecule has 1 amide bonds. The maximum atomic E-state index is 13.1. The molecule has 154 valence electrons. The summed E-state index contributed by atoms with van der Waals surface area (Å²) in [5.41, 5.74) is 0.443. The maximum Gasteiger partial charge on any atom is 0.340 e. The molecule has 1 fully saturated rings. The Balaban J connectivity index is 1.93. The van der Waals surface area contributed by atoms with Gasteiger partial charge < -0.3 is 14.4 Å². The second-order valence-electron chi connectivity index (χ2n) is 6.53. The Morgan fingerprint density at radius 1 is 1.03 bits per heavy atom. The highest BCUT2D eigenvalue weighted by Crippen LogP contribution is 2.25. The Morgan fingerprint density at radius 2 is 1.66 bits per heavy atom. The molecule has 1 aliphatic heterocycles.